The fourth-order valence-corrected chi connectivity index (χ4v) is 1.44. The number of unbranched alkanes of at least 4 members (excludes halogenated alkanes) is 1. The number of ketones is 1. The summed E-state index contributed by atoms with van der Waals surface area (Å²) in [5, 5.41) is 8.51. The molecular formula is C7H15NO5S. The van der Waals surface area contributed by atoms with Gasteiger partial charge in [-0.1, -0.05) is 0 Å². The molecule has 0 amide bonds. The van der Waals surface area contributed by atoms with Gasteiger partial charge in [-0.2, -0.15) is 8.42 Å². The molecular weight excluding hydrogens is 210 g/mol. The van der Waals surface area contributed by atoms with Gasteiger partial charge in [0.15, 0.2) is 5.78 Å². The van der Waals surface area contributed by atoms with Gasteiger partial charge in [-0.05, 0) is 12.8 Å². The summed E-state index contributed by atoms with van der Waals surface area (Å²) < 4.78 is 28.9. The summed E-state index contributed by atoms with van der Waals surface area (Å²) in [6.45, 7) is -0.406. The van der Waals surface area contributed by atoms with E-state index in [2.05, 4.69) is 0 Å². The molecule has 0 rings (SSSR count). The Hall–Kier alpha value is -0.500. The van der Waals surface area contributed by atoms with Gasteiger partial charge in [0.05, 0.1) is 18.4 Å². The third kappa shape index (κ3) is 6.96. The Morgan fingerprint density at radius 1 is 1.36 bits per heavy atom. The van der Waals surface area contributed by atoms with Crippen LogP contribution in [0.25, 0.3) is 0 Å². The Kier molecular flexibility index (Phi) is 5.86. The highest BCUT2D eigenvalue weighted by atomic mass is 32.2. The molecule has 6 nitrogen and oxygen atoms in total. The molecule has 0 saturated carbocycles. The van der Waals surface area contributed by atoms with Crippen molar-refractivity contribution in [1.29, 1.82) is 0 Å². The molecule has 0 aromatic carbocycles. The summed E-state index contributed by atoms with van der Waals surface area (Å²) >= 11 is 0. The van der Waals surface area contributed by atoms with Crippen LogP contribution < -0.4 is 5.73 Å². The van der Waals surface area contributed by atoms with Crippen LogP contribution in [0, 0.1) is 0 Å². The van der Waals surface area contributed by atoms with Gasteiger partial charge in [-0.15, -0.1) is 0 Å². The van der Waals surface area contributed by atoms with Crippen LogP contribution in [0.3, 0.4) is 0 Å². The largest absolute Gasteiger partial charge is 0.394 e. The number of aliphatic hydroxyl groups excluding tert-OH is 1. The summed E-state index contributed by atoms with van der Waals surface area (Å²) in [4.78, 5) is 11.0. The van der Waals surface area contributed by atoms with E-state index < -0.39 is 22.8 Å². The van der Waals surface area contributed by atoms with Crippen molar-refractivity contribution < 1.29 is 22.9 Å². The minimum atomic E-state index is -3.94. The average molecular weight is 225 g/mol. The second kappa shape index (κ2) is 6.07. The molecule has 84 valence electrons. The van der Waals surface area contributed by atoms with Gasteiger partial charge in [0, 0.05) is 6.42 Å². The number of aliphatic hydroxyl groups is 1. The predicted octanol–water partition coefficient (Wildman–Crippen LogP) is -1.07. The second-order valence-corrected chi connectivity index (χ2v) is 4.57. The first-order valence-corrected chi connectivity index (χ1v) is 5.82. The van der Waals surface area contributed by atoms with E-state index in [9.17, 15) is 13.2 Å². The maximum absolute atomic E-state index is 11.0. The molecule has 0 fully saturated rings. The quantitative estimate of drug-likeness (QED) is 0.375. The molecule has 4 N–H and O–H groups in total. The van der Waals surface area contributed by atoms with Crippen molar-refractivity contribution in [2.75, 3.05) is 12.4 Å². The maximum Gasteiger partial charge on any atom is 0.264 e. The number of hydrogen-bond acceptors (Lipinski definition) is 5. The minimum absolute atomic E-state index is 0.122. The fourth-order valence-electron chi connectivity index (χ4n) is 0.871. The molecule has 0 aromatic heterocycles. The number of carbonyl (C=O) groups is 1. The number of hydrogen-bond donors (Lipinski definition) is 3. The van der Waals surface area contributed by atoms with Crippen LogP contribution in [-0.2, 0) is 14.9 Å². The Morgan fingerprint density at radius 3 is 2.36 bits per heavy atom. The lowest BCUT2D eigenvalue weighted by molar-refractivity contribution is -0.121. The molecule has 0 aliphatic carbocycles. The Balaban J connectivity index is 3.61. The van der Waals surface area contributed by atoms with E-state index in [1.807, 2.05) is 0 Å². The molecule has 1 atom stereocenters. The van der Waals surface area contributed by atoms with Gasteiger partial charge in [-0.3, -0.25) is 9.35 Å². The fraction of sp³-hybridized carbons (Fsp3) is 0.857. The van der Waals surface area contributed by atoms with E-state index in [0.717, 1.165) is 0 Å². The zero-order chi connectivity index (χ0) is 11.2. The number of rotatable bonds is 7. The molecule has 0 aromatic rings. The van der Waals surface area contributed by atoms with E-state index in [1.54, 1.807) is 0 Å². The SMILES string of the molecule is N[C@@H](CO)C(=O)CCCCS(=O)(=O)O. The first-order chi connectivity index (χ1) is 6.37. The average Bonchev–Trinajstić information content (AvgIpc) is 2.09. The van der Waals surface area contributed by atoms with Crippen molar-refractivity contribution in [3.63, 3.8) is 0 Å². The molecule has 0 heterocycles. The van der Waals surface area contributed by atoms with Crippen LogP contribution >= 0.6 is 0 Å². The summed E-state index contributed by atoms with van der Waals surface area (Å²) in [6.07, 6.45) is 0.673. The number of Topliss-reactive ketones (excluding diaryl/α,β-unsaturated/α-hetero) is 1. The van der Waals surface area contributed by atoms with Crippen LogP contribution in [0.5, 0.6) is 0 Å². The molecule has 7 heteroatoms. The first-order valence-electron chi connectivity index (χ1n) is 4.21. The van der Waals surface area contributed by atoms with Crippen molar-refractivity contribution in [2.45, 2.75) is 25.3 Å². The summed E-state index contributed by atoms with van der Waals surface area (Å²) in [7, 11) is -3.94. The topological polar surface area (TPSA) is 118 Å². The highest BCUT2D eigenvalue weighted by molar-refractivity contribution is 7.85. The summed E-state index contributed by atoms with van der Waals surface area (Å²) in [6, 6.07) is -0.888. The normalized spacial score (nSPS) is 13.9. The zero-order valence-corrected chi connectivity index (χ0v) is 8.53. The lowest BCUT2D eigenvalue weighted by Gasteiger charge is -2.05. The van der Waals surface area contributed by atoms with Crippen LogP contribution in [0.15, 0.2) is 0 Å². The van der Waals surface area contributed by atoms with Gasteiger partial charge in [-0.25, -0.2) is 0 Å². The van der Waals surface area contributed by atoms with Gasteiger partial charge in [0.25, 0.3) is 10.1 Å². The number of carbonyl (C=O) groups excluding carboxylic acids is 1. The molecule has 0 radical (unpaired) electrons. The standard InChI is InChI=1S/C7H15NO5S/c8-6(5-9)7(10)3-1-2-4-14(11,12)13/h6,9H,1-5,8H2,(H,11,12,13)/t6-/m0/s1. The third-order valence-corrected chi connectivity index (χ3v) is 2.49. The van der Waals surface area contributed by atoms with Crippen LogP contribution in [0.4, 0.5) is 0 Å². The molecule has 14 heavy (non-hydrogen) atoms. The van der Waals surface area contributed by atoms with Crippen LogP contribution in [0.2, 0.25) is 0 Å². The molecule has 0 spiro atoms. The molecule has 0 saturated heterocycles. The highest BCUT2D eigenvalue weighted by Crippen LogP contribution is 2.00. The van der Waals surface area contributed by atoms with E-state index in [1.165, 1.54) is 0 Å². The lowest BCUT2D eigenvalue weighted by atomic mass is 10.1. The van der Waals surface area contributed by atoms with Gasteiger partial charge >= 0.3 is 0 Å². The molecule has 0 unspecified atom stereocenters. The van der Waals surface area contributed by atoms with E-state index in [4.69, 9.17) is 15.4 Å². The zero-order valence-electron chi connectivity index (χ0n) is 7.72. The Morgan fingerprint density at radius 2 is 1.93 bits per heavy atom. The first kappa shape index (κ1) is 13.5. The summed E-state index contributed by atoms with van der Waals surface area (Å²) in [5.74, 6) is -0.655. The van der Waals surface area contributed by atoms with Crippen molar-refractivity contribution >= 4 is 15.9 Å². The molecule has 0 aliphatic heterocycles. The predicted molar refractivity (Wildman–Crippen MR) is 50.3 cm³/mol. The maximum atomic E-state index is 11.0. The van der Waals surface area contributed by atoms with Crippen LogP contribution in [-0.4, -0.2) is 42.3 Å². The highest BCUT2D eigenvalue weighted by Gasteiger charge is 2.12. The molecule has 0 aliphatic rings. The van der Waals surface area contributed by atoms with Crippen molar-refractivity contribution in [3.8, 4) is 0 Å². The third-order valence-electron chi connectivity index (χ3n) is 1.69. The van der Waals surface area contributed by atoms with Gasteiger partial charge < -0.3 is 10.8 Å². The minimum Gasteiger partial charge on any atom is -0.394 e. The van der Waals surface area contributed by atoms with Gasteiger partial charge in [0.2, 0.25) is 0 Å². The monoisotopic (exact) mass is 225 g/mol. The van der Waals surface area contributed by atoms with Crippen LogP contribution in [0.1, 0.15) is 19.3 Å². The lowest BCUT2D eigenvalue weighted by Crippen LogP contribution is -2.33. The Bertz CT molecular complexity index is 274. The van der Waals surface area contributed by atoms with Gasteiger partial charge in [0.1, 0.15) is 0 Å². The number of nitrogens with two attached hydrogens (primary N) is 1. The van der Waals surface area contributed by atoms with E-state index >= 15 is 0 Å². The Labute approximate surface area is 82.9 Å². The van der Waals surface area contributed by atoms with Crippen molar-refractivity contribution in [3.05, 3.63) is 0 Å². The van der Waals surface area contributed by atoms with E-state index in [0.29, 0.717) is 6.42 Å². The van der Waals surface area contributed by atoms with E-state index in [-0.39, 0.29) is 24.4 Å². The van der Waals surface area contributed by atoms with Crippen molar-refractivity contribution in [2.24, 2.45) is 5.73 Å². The molecule has 0 bridgehead atoms. The second-order valence-electron chi connectivity index (χ2n) is 3.00. The smallest absolute Gasteiger partial charge is 0.264 e. The van der Waals surface area contributed by atoms with Crippen molar-refractivity contribution in [1.82, 2.24) is 0 Å². The summed E-state index contributed by atoms with van der Waals surface area (Å²) in [5.41, 5.74) is 5.22.